The summed E-state index contributed by atoms with van der Waals surface area (Å²) in [7, 11) is 0. The molecule has 1 atom stereocenters. The molecule has 1 amide bonds. The summed E-state index contributed by atoms with van der Waals surface area (Å²) < 4.78 is 5.76. The average Bonchev–Trinajstić information content (AvgIpc) is 3.16. The molecule has 174 valence electrons. The minimum Gasteiger partial charge on any atom is -0.376 e. The molecule has 1 N–H and O–H groups in total. The van der Waals surface area contributed by atoms with Gasteiger partial charge in [0.2, 0.25) is 5.91 Å². The summed E-state index contributed by atoms with van der Waals surface area (Å²) in [6.07, 6.45) is 4.52. The first-order valence-electron chi connectivity index (χ1n) is 11.8. The van der Waals surface area contributed by atoms with Crippen molar-refractivity contribution in [3.05, 3.63) is 50.9 Å². The summed E-state index contributed by atoms with van der Waals surface area (Å²) in [5.74, 6) is 0.0852. The summed E-state index contributed by atoms with van der Waals surface area (Å²) in [5, 5.41) is 5.03. The third kappa shape index (κ3) is 5.37. The Morgan fingerprint density at radius 3 is 2.59 bits per heavy atom. The molecule has 2 aliphatic heterocycles. The summed E-state index contributed by atoms with van der Waals surface area (Å²) >= 11 is 7.90. The molecule has 5 nitrogen and oxygen atoms in total. The van der Waals surface area contributed by atoms with E-state index in [1.807, 2.05) is 12.1 Å². The maximum atomic E-state index is 13.1. The van der Waals surface area contributed by atoms with Crippen LogP contribution in [-0.2, 0) is 22.6 Å². The van der Waals surface area contributed by atoms with Crippen LogP contribution in [0.3, 0.4) is 0 Å². The van der Waals surface area contributed by atoms with Crippen LogP contribution in [0.1, 0.15) is 60.7 Å². The number of carbonyl (C=O) groups excluding carboxylic acids is 1. The van der Waals surface area contributed by atoms with Gasteiger partial charge in [0.1, 0.15) is 5.00 Å². The summed E-state index contributed by atoms with van der Waals surface area (Å²) in [6, 6.07) is 8.24. The predicted octanol–water partition coefficient (Wildman–Crippen LogP) is 5.33. The van der Waals surface area contributed by atoms with E-state index in [0.717, 1.165) is 49.2 Å². The lowest BCUT2D eigenvalue weighted by Gasteiger charge is -2.32. The number of piperidine rings is 1. The van der Waals surface area contributed by atoms with Gasteiger partial charge in [-0.05, 0) is 68.7 Å². The fourth-order valence-electron chi connectivity index (χ4n) is 4.92. The van der Waals surface area contributed by atoms with Crippen molar-refractivity contribution in [2.75, 3.05) is 44.6 Å². The lowest BCUT2D eigenvalue weighted by Crippen LogP contribution is -2.37. The number of benzene rings is 1. The van der Waals surface area contributed by atoms with E-state index >= 15 is 0 Å². The number of fused-ring (bicyclic) bond motifs is 1. The van der Waals surface area contributed by atoms with E-state index in [1.54, 1.807) is 11.3 Å². The first-order valence-corrected chi connectivity index (χ1v) is 13.0. The molecule has 1 aromatic carbocycles. The second kappa shape index (κ2) is 11.1. The highest BCUT2D eigenvalue weighted by Crippen LogP contribution is 2.44. The van der Waals surface area contributed by atoms with Gasteiger partial charge in [-0.2, -0.15) is 0 Å². The summed E-state index contributed by atoms with van der Waals surface area (Å²) in [5.41, 5.74) is 3.80. The zero-order chi connectivity index (χ0) is 22.5. The van der Waals surface area contributed by atoms with Gasteiger partial charge in [0, 0.05) is 15.5 Å². The van der Waals surface area contributed by atoms with E-state index in [4.69, 9.17) is 16.3 Å². The van der Waals surface area contributed by atoms with E-state index in [1.165, 1.54) is 40.8 Å². The predicted molar refractivity (Wildman–Crippen MR) is 133 cm³/mol. The highest BCUT2D eigenvalue weighted by Gasteiger charge is 2.31. The topological polar surface area (TPSA) is 44.8 Å². The van der Waals surface area contributed by atoms with Crippen molar-refractivity contribution >= 4 is 33.8 Å². The molecule has 0 bridgehead atoms. The Morgan fingerprint density at radius 1 is 1.19 bits per heavy atom. The standard InChI is InChI=1S/C25H34ClN3O2S/c1-3-29(4-2)24(18-8-10-19(26)11-9-18)23-20-12-15-31-17-21(20)32-25(23)27-22(30)16-28-13-6-5-7-14-28/h8-11,24H,3-7,12-17H2,1-2H3,(H,27,30). The van der Waals surface area contributed by atoms with E-state index < -0.39 is 0 Å². The smallest absolute Gasteiger partial charge is 0.239 e. The Hall–Kier alpha value is -1.44. The van der Waals surface area contributed by atoms with Crippen molar-refractivity contribution < 1.29 is 9.53 Å². The van der Waals surface area contributed by atoms with E-state index in [-0.39, 0.29) is 11.9 Å². The molecule has 3 heterocycles. The van der Waals surface area contributed by atoms with Gasteiger partial charge in [-0.25, -0.2) is 0 Å². The second-order valence-electron chi connectivity index (χ2n) is 8.61. The van der Waals surface area contributed by atoms with Gasteiger partial charge in [-0.15, -0.1) is 11.3 Å². The van der Waals surface area contributed by atoms with Gasteiger partial charge < -0.3 is 10.1 Å². The Kier molecular flexibility index (Phi) is 8.24. The zero-order valence-electron chi connectivity index (χ0n) is 19.2. The quantitative estimate of drug-likeness (QED) is 0.560. The van der Waals surface area contributed by atoms with Crippen LogP contribution in [0.25, 0.3) is 0 Å². The number of nitrogens with one attached hydrogen (secondary N) is 1. The fraction of sp³-hybridized carbons (Fsp3) is 0.560. The van der Waals surface area contributed by atoms with E-state index in [9.17, 15) is 4.79 Å². The molecule has 1 fully saturated rings. The van der Waals surface area contributed by atoms with Crippen LogP contribution in [0.15, 0.2) is 24.3 Å². The molecule has 4 rings (SSSR count). The van der Waals surface area contributed by atoms with Gasteiger partial charge in [-0.3, -0.25) is 14.6 Å². The monoisotopic (exact) mass is 475 g/mol. The molecular formula is C25H34ClN3O2S. The number of thiophene rings is 1. The van der Waals surface area contributed by atoms with E-state index in [0.29, 0.717) is 13.2 Å². The van der Waals surface area contributed by atoms with Crippen molar-refractivity contribution in [3.63, 3.8) is 0 Å². The van der Waals surface area contributed by atoms with Gasteiger partial charge in [0.25, 0.3) is 0 Å². The number of carbonyl (C=O) groups is 1. The molecule has 2 aromatic rings. The zero-order valence-corrected chi connectivity index (χ0v) is 20.7. The number of likely N-dealkylation sites (tertiary alicyclic amines) is 1. The molecule has 32 heavy (non-hydrogen) atoms. The Balaban J connectivity index is 1.70. The molecular weight excluding hydrogens is 442 g/mol. The minimum atomic E-state index is 0.0747. The number of amides is 1. The maximum Gasteiger partial charge on any atom is 0.239 e. The number of ether oxygens (including phenoxy) is 1. The molecule has 2 aliphatic rings. The second-order valence-corrected chi connectivity index (χ2v) is 10.2. The molecule has 0 spiro atoms. The minimum absolute atomic E-state index is 0.0747. The van der Waals surface area contributed by atoms with E-state index in [2.05, 4.69) is 41.1 Å². The summed E-state index contributed by atoms with van der Waals surface area (Å²) in [6.45, 7) is 10.1. The number of rotatable bonds is 8. The highest BCUT2D eigenvalue weighted by molar-refractivity contribution is 7.16. The number of anilines is 1. The molecule has 0 saturated carbocycles. The largest absolute Gasteiger partial charge is 0.376 e. The van der Waals surface area contributed by atoms with Crippen LogP contribution < -0.4 is 5.32 Å². The lowest BCUT2D eigenvalue weighted by atomic mass is 9.92. The number of hydrogen-bond acceptors (Lipinski definition) is 5. The normalized spacial score (nSPS) is 17.9. The molecule has 1 saturated heterocycles. The van der Waals surface area contributed by atoms with Gasteiger partial charge in [-0.1, -0.05) is 44.0 Å². The van der Waals surface area contributed by atoms with Crippen molar-refractivity contribution in [1.82, 2.24) is 9.80 Å². The summed E-state index contributed by atoms with van der Waals surface area (Å²) in [4.78, 5) is 19.0. The Labute approximate surface area is 200 Å². The van der Waals surface area contributed by atoms with Crippen molar-refractivity contribution in [3.8, 4) is 0 Å². The molecule has 1 aromatic heterocycles. The van der Waals surface area contributed by atoms with Crippen LogP contribution in [-0.4, -0.2) is 55.0 Å². The fourth-order valence-corrected chi connectivity index (χ4v) is 6.28. The van der Waals surface area contributed by atoms with Crippen LogP contribution in [0.5, 0.6) is 0 Å². The van der Waals surface area contributed by atoms with Crippen LogP contribution in [0.2, 0.25) is 5.02 Å². The Bertz CT molecular complexity index is 905. The van der Waals surface area contributed by atoms with Crippen LogP contribution in [0, 0.1) is 0 Å². The highest BCUT2D eigenvalue weighted by atomic mass is 35.5. The number of halogens is 1. The Morgan fingerprint density at radius 2 is 1.91 bits per heavy atom. The van der Waals surface area contributed by atoms with Gasteiger partial charge in [0.05, 0.1) is 25.8 Å². The third-order valence-corrected chi connectivity index (χ3v) is 7.96. The SMILES string of the molecule is CCN(CC)C(c1ccc(Cl)cc1)c1c(NC(=O)CN2CCCCC2)sc2c1CCOC2. The first kappa shape index (κ1) is 23.7. The third-order valence-electron chi connectivity index (χ3n) is 6.57. The molecule has 1 unspecified atom stereocenters. The number of nitrogens with zero attached hydrogens (tertiary/aromatic N) is 2. The van der Waals surface area contributed by atoms with Crippen LogP contribution >= 0.6 is 22.9 Å². The molecule has 0 radical (unpaired) electrons. The average molecular weight is 476 g/mol. The van der Waals surface area contributed by atoms with Gasteiger partial charge >= 0.3 is 0 Å². The lowest BCUT2D eigenvalue weighted by molar-refractivity contribution is -0.117. The van der Waals surface area contributed by atoms with Gasteiger partial charge in [0.15, 0.2) is 0 Å². The van der Waals surface area contributed by atoms with Crippen LogP contribution in [0.4, 0.5) is 5.00 Å². The van der Waals surface area contributed by atoms with Crippen molar-refractivity contribution in [1.29, 1.82) is 0 Å². The maximum absolute atomic E-state index is 13.1. The number of hydrogen-bond donors (Lipinski definition) is 1. The van der Waals surface area contributed by atoms with Crippen molar-refractivity contribution in [2.45, 2.75) is 52.2 Å². The molecule has 7 heteroatoms. The molecule has 0 aliphatic carbocycles. The van der Waals surface area contributed by atoms with Crippen molar-refractivity contribution in [2.24, 2.45) is 0 Å². The first-order chi connectivity index (χ1) is 15.6.